The first-order valence-corrected chi connectivity index (χ1v) is 6.61. The summed E-state index contributed by atoms with van der Waals surface area (Å²) in [5.74, 6) is 0. The van der Waals surface area contributed by atoms with Crippen molar-refractivity contribution in [3.05, 3.63) is 35.9 Å². The van der Waals surface area contributed by atoms with Gasteiger partial charge in [0.25, 0.3) is 0 Å². The Bertz CT molecular complexity index is 350. The van der Waals surface area contributed by atoms with Gasteiger partial charge in [-0.3, -0.25) is 0 Å². The molecule has 0 unspecified atom stereocenters. The maximum Gasteiger partial charge on any atom is 0.148 e. The lowest BCUT2D eigenvalue weighted by Gasteiger charge is -2.10. The molecule has 0 saturated carbocycles. The van der Waals surface area contributed by atoms with Crippen LogP contribution in [-0.4, -0.2) is 25.1 Å². The third-order valence-corrected chi connectivity index (χ3v) is 3.22. The molecule has 98 valence electrons. The van der Waals surface area contributed by atoms with Gasteiger partial charge in [0.2, 0.25) is 0 Å². The molecule has 1 saturated heterocycles. The molecule has 18 heavy (non-hydrogen) atoms. The van der Waals surface area contributed by atoms with Crippen molar-refractivity contribution in [3.8, 4) is 0 Å². The van der Waals surface area contributed by atoms with Crippen LogP contribution >= 0.6 is 0 Å². The summed E-state index contributed by atoms with van der Waals surface area (Å²) in [5.41, 5.74) is 1.20. The molecule has 2 atom stereocenters. The molecular formula is C15H20O3. The van der Waals surface area contributed by atoms with Crippen LogP contribution in [-0.2, 0) is 20.9 Å². The van der Waals surface area contributed by atoms with Gasteiger partial charge in [-0.25, -0.2) is 0 Å². The van der Waals surface area contributed by atoms with E-state index in [1.165, 1.54) is 5.56 Å². The Morgan fingerprint density at radius 1 is 1.28 bits per heavy atom. The molecule has 1 aliphatic heterocycles. The lowest BCUT2D eigenvalue weighted by atomic mass is 10.1. The lowest BCUT2D eigenvalue weighted by Crippen LogP contribution is -2.12. The first-order valence-electron chi connectivity index (χ1n) is 6.61. The van der Waals surface area contributed by atoms with Crippen LogP contribution < -0.4 is 0 Å². The highest BCUT2D eigenvalue weighted by molar-refractivity contribution is 5.56. The third kappa shape index (κ3) is 4.24. The van der Waals surface area contributed by atoms with Gasteiger partial charge in [-0.05, 0) is 31.2 Å². The van der Waals surface area contributed by atoms with E-state index in [-0.39, 0.29) is 12.2 Å². The zero-order chi connectivity index (χ0) is 12.6. The molecule has 0 spiro atoms. The number of aldehydes is 1. The molecule has 0 radical (unpaired) electrons. The van der Waals surface area contributed by atoms with Crippen LogP contribution in [0.25, 0.3) is 0 Å². The number of rotatable bonds is 7. The Hall–Kier alpha value is -1.19. The van der Waals surface area contributed by atoms with E-state index >= 15 is 0 Å². The van der Waals surface area contributed by atoms with Crippen molar-refractivity contribution in [2.45, 2.75) is 44.5 Å². The zero-order valence-electron chi connectivity index (χ0n) is 10.6. The second kappa shape index (κ2) is 7.29. The average Bonchev–Trinajstić information content (AvgIpc) is 2.87. The number of hydrogen-bond donors (Lipinski definition) is 0. The first kappa shape index (κ1) is 13.2. The molecule has 3 nitrogen and oxygen atoms in total. The van der Waals surface area contributed by atoms with Crippen LogP contribution in [0.2, 0.25) is 0 Å². The maximum absolute atomic E-state index is 10.5. The molecule has 3 heteroatoms. The van der Waals surface area contributed by atoms with Gasteiger partial charge < -0.3 is 14.3 Å². The van der Waals surface area contributed by atoms with Crippen molar-refractivity contribution in [1.29, 1.82) is 0 Å². The molecule has 2 rings (SSSR count). The van der Waals surface area contributed by atoms with E-state index in [0.29, 0.717) is 6.61 Å². The minimum absolute atomic E-state index is 0.166. The molecule has 0 aromatic heterocycles. The van der Waals surface area contributed by atoms with Crippen molar-refractivity contribution in [3.63, 3.8) is 0 Å². The van der Waals surface area contributed by atoms with E-state index in [0.717, 1.165) is 38.6 Å². The molecule has 1 heterocycles. The summed E-state index contributed by atoms with van der Waals surface area (Å²) in [4.78, 5) is 10.5. The van der Waals surface area contributed by atoms with Gasteiger partial charge in [-0.1, -0.05) is 30.3 Å². The smallest absolute Gasteiger partial charge is 0.148 e. The minimum Gasteiger partial charge on any atom is -0.377 e. The second-order valence-electron chi connectivity index (χ2n) is 4.69. The van der Waals surface area contributed by atoms with Crippen molar-refractivity contribution in [2.24, 2.45) is 0 Å². The fraction of sp³-hybridized carbons (Fsp3) is 0.533. The van der Waals surface area contributed by atoms with Crippen LogP contribution in [0.4, 0.5) is 0 Å². The molecule has 0 aliphatic carbocycles. The molecule has 1 aromatic carbocycles. The monoisotopic (exact) mass is 248 g/mol. The number of ether oxygens (including phenoxy) is 2. The Kier molecular flexibility index (Phi) is 5.36. The van der Waals surface area contributed by atoms with Gasteiger partial charge in [0, 0.05) is 6.61 Å². The summed E-state index contributed by atoms with van der Waals surface area (Å²) in [6, 6.07) is 10.2. The number of benzene rings is 1. The van der Waals surface area contributed by atoms with Crippen LogP contribution in [0, 0.1) is 0 Å². The van der Waals surface area contributed by atoms with Crippen molar-refractivity contribution >= 4 is 6.29 Å². The average molecular weight is 248 g/mol. The first-order chi connectivity index (χ1) is 8.88. The van der Waals surface area contributed by atoms with Crippen molar-refractivity contribution in [1.82, 2.24) is 0 Å². The fourth-order valence-electron chi connectivity index (χ4n) is 2.22. The van der Waals surface area contributed by atoms with E-state index in [1.807, 2.05) is 18.2 Å². The molecule has 0 amide bonds. The molecule has 1 aliphatic rings. The van der Waals surface area contributed by atoms with E-state index < -0.39 is 0 Å². The second-order valence-corrected chi connectivity index (χ2v) is 4.69. The van der Waals surface area contributed by atoms with Crippen LogP contribution in [0.3, 0.4) is 0 Å². The zero-order valence-corrected chi connectivity index (χ0v) is 10.6. The van der Waals surface area contributed by atoms with Gasteiger partial charge in [0.15, 0.2) is 0 Å². The van der Waals surface area contributed by atoms with Gasteiger partial charge in [0.05, 0.1) is 12.7 Å². The molecule has 1 aromatic rings. The number of hydrogen-bond acceptors (Lipinski definition) is 3. The Labute approximate surface area is 108 Å². The summed E-state index contributed by atoms with van der Waals surface area (Å²) in [6.07, 6.45) is 4.84. The predicted molar refractivity (Wildman–Crippen MR) is 69.3 cm³/mol. The highest BCUT2D eigenvalue weighted by atomic mass is 16.5. The molecule has 1 fully saturated rings. The van der Waals surface area contributed by atoms with E-state index in [1.54, 1.807) is 0 Å². The fourth-order valence-corrected chi connectivity index (χ4v) is 2.22. The minimum atomic E-state index is -0.166. The van der Waals surface area contributed by atoms with Crippen molar-refractivity contribution in [2.75, 3.05) is 6.61 Å². The molecular weight excluding hydrogens is 228 g/mol. The highest BCUT2D eigenvalue weighted by Gasteiger charge is 2.23. The quantitative estimate of drug-likeness (QED) is 0.550. The van der Waals surface area contributed by atoms with Gasteiger partial charge >= 0.3 is 0 Å². The van der Waals surface area contributed by atoms with E-state index in [9.17, 15) is 4.79 Å². The largest absolute Gasteiger partial charge is 0.377 e. The SMILES string of the molecule is O=C[C@@H]1CC[C@@H](CCCOCc2ccccc2)O1. The summed E-state index contributed by atoms with van der Waals surface area (Å²) < 4.78 is 11.2. The number of carbonyl (C=O) groups is 1. The molecule has 0 N–H and O–H groups in total. The van der Waals surface area contributed by atoms with E-state index in [2.05, 4.69) is 12.1 Å². The highest BCUT2D eigenvalue weighted by Crippen LogP contribution is 2.21. The standard InChI is InChI=1S/C15H20O3/c16-11-15-9-8-14(18-15)7-4-10-17-12-13-5-2-1-3-6-13/h1-3,5-6,11,14-15H,4,7-10,12H2/t14-,15+/m1/s1. The topological polar surface area (TPSA) is 35.5 Å². The Morgan fingerprint density at radius 3 is 2.83 bits per heavy atom. The predicted octanol–water partition coefficient (Wildman–Crippen LogP) is 2.73. The summed E-state index contributed by atoms with van der Waals surface area (Å²) in [6.45, 7) is 1.42. The van der Waals surface area contributed by atoms with Gasteiger partial charge in [0.1, 0.15) is 12.4 Å². The third-order valence-electron chi connectivity index (χ3n) is 3.22. The molecule has 0 bridgehead atoms. The summed E-state index contributed by atoms with van der Waals surface area (Å²) in [5, 5.41) is 0. The summed E-state index contributed by atoms with van der Waals surface area (Å²) in [7, 11) is 0. The van der Waals surface area contributed by atoms with Crippen LogP contribution in [0.5, 0.6) is 0 Å². The van der Waals surface area contributed by atoms with Crippen LogP contribution in [0.1, 0.15) is 31.2 Å². The number of carbonyl (C=O) groups excluding carboxylic acids is 1. The van der Waals surface area contributed by atoms with Crippen molar-refractivity contribution < 1.29 is 14.3 Å². The maximum atomic E-state index is 10.5. The summed E-state index contributed by atoms with van der Waals surface area (Å²) >= 11 is 0. The van der Waals surface area contributed by atoms with Gasteiger partial charge in [-0.2, -0.15) is 0 Å². The Balaban J connectivity index is 1.53. The van der Waals surface area contributed by atoms with E-state index in [4.69, 9.17) is 9.47 Å². The Morgan fingerprint density at radius 2 is 2.11 bits per heavy atom. The van der Waals surface area contributed by atoms with Gasteiger partial charge in [-0.15, -0.1) is 0 Å². The lowest BCUT2D eigenvalue weighted by molar-refractivity contribution is -0.117. The normalized spacial score (nSPS) is 23.1. The van der Waals surface area contributed by atoms with Crippen LogP contribution in [0.15, 0.2) is 30.3 Å².